The van der Waals surface area contributed by atoms with Crippen molar-refractivity contribution < 1.29 is 23.9 Å². The smallest absolute Gasteiger partial charge is 0.329 e. The highest BCUT2D eigenvalue weighted by Gasteiger charge is 2.35. The predicted molar refractivity (Wildman–Crippen MR) is 132 cm³/mol. The normalized spacial score (nSPS) is 14.3. The van der Waals surface area contributed by atoms with Crippen LogP contribution >= 0.6 is 0 Å². The molecule has 0 saturated carbocycles. The number of nitrogens with zero attached hydrogens (tertiary/aromatic N) is 2. The fraction of sp³-hybridized carbons (Fsp3) is 0.192. The Hall–Kier alpha value is -4.53. The van der Waals surface area contributed by atoms with Crippen molar-refractivity contribution in [2.24, 2.45) is 0 Å². The van der Waals surface area contributed by atoms with Gasteiger partial charge in [-0.1, -0.05) is 18.2 Å². The molecule has 0 aliphatic carbocycles. The summed E-state index contributed by atoms with van der Waals surface area (Å²) < 4.78 is 12.6. The third kappa shape index (κ3) is 4.74. The number of aryl methyl sites for hydroxylation is 1. The van der Waals surface area contributed by atoms with Crippen molar-refractivity contribution >= 4 is 29.6 Å². The lowest BCUT2D eigenvalue weighted by Gasteiger charge is -2.13. The summed E-state index contributed by atoms with van der Waals surface area (Å²) in [5, 5.41) is 5.24. The molecule has 1 saturated heterocycles. The van der Waals surface area contributed by atoms with Crippen LogP contribution in [0.1, 0.15) is 17.0 Å². The van der Waals surface area contributed by atoms with Gasteiger partial charge in [0.1, 0.15) is 23.7 Å². The molecule has 4 amide bonds. The average Bonchev–Trinajstić information content (AvgIpc) is 3.28. The fourth-order valence-corrected chi connectivity index (χ4v) is 4.03. The van der Waals surface area contributed by atoms with E-state index in [2.05, 4.69) is 10.6 Å². The highest BCUT2D eigenvalue weighted by molar-refractivity contribution is 6.16. The summed E-state index contributed by atoms with van der Waals surface area (Å²) in [7, 11) is 3.10. The number of methoxy groups -OCH3 is 2. The molecule has 9 nitrogen and oxygen atoms in total. The number of hydrogen-bond acceptors (Lipinski definition) is 5. The minimum atomic E-state index is -0.655. The Morgan fingerprint density at radius 3 is 2.54 bits per heavy atom. The third-order valence-electron chi connectivity index (χ3n) is 5.73. The van der Waals surface area contributed by atoms with E-state index in [1.54, 1.807) is 37.5 Å². The number of carbonyl (C=O) groups excluding carboxylic acids is 3. The lowest BCUT2D eigenvalue weighted by atomic mass is 10.2. The number of para-hydroxylation sites is 2. The second-order valence-electron chi connectivity index (χ2n) is 7.99. The third-order valence-corrected chi connectivity index (χ3v) is 5.73. The summed E-state index contributed by atoms with van der Waals surface area (Å²) in [6.45, 7) is 3.46. The number of hydrogen-bond donors (Lipinski definition) is 2. The van der Waals surface area contributed by atoms with Crippen molar-refractivity contribution in [3.63, 3.8) is 0 Å². The zero-order valence-corrected chi connectivity index (χ0v) is 19.9. The Balaban J connectivity index is 1.53. The van der Waals surface area contributed by atoms with E-state index in [-0.39, 0.29) is 5.70 Å². The molecule has 180 valence electrons. The van der Waals surface area contributed by atoms with Gasteiger partial charge in [0.15, 0.2) is 0 Å². The van der Waals surface area contributed by atoms with Crippen LogP contribution < -0.4 is 20.1 Å². The predicted octanol–water partition coefficient (Wildman–Crippen LogP) is 3.64. The van der Waals surface area contributed by atoms with Crippen LogP contribution in [0.4, 0.5) is 10.5 Å². The molecular weight excluding hydrogens is 448 g/mol. The summed E-state index contributed by atoms with van der Waals surface area (Å²) in [6.07, 6.45) is 1.62. The molecule has 9 heteroatoms. The van der Waals surface area contributed by atoms with E-state index < -0.39 is 24.4 Å². The molecule has 1 aromatic heterocycles. The molecule has 35 heavy (non-hydrogen) atoms. The number of ether oxygens (including phenoxy) is 2. The highest BCUT2D eigenvalue weighted by atomic mass is 16.5. The number of amides is 4. The Morgan fingerprint density at radius 1 is 1.03 bits per heavy atom. The van der Waals surface area contributed by atoms with Crippen LogP contribution in [0.15, 0.2) is 60.3 Å². The molecule has 4 rings (SSSR count). The molecule has 0 radical (unpaired) electrons. The van der Waals surface area contributed by atoms with Crippen molar-refractivity contribution in [1.29, 1.82) is 0 Å². The van der Waals surface area contributed by atoms with E-state index >= 15 is 0 Å². The first-order valence-corrected chi connectivity index (χ1v) is 10.9. The minimum Gasteiger partial charge on any atom is -0.497 e. The van der Waals surface area contributed by atoms with E-state index in [0.717, 1.165) is 33.3 Å². The molecule has 1 fully saturated rings. The van der Waals surface area contributed by atoms with Crippen LogP contribution in [0, 0.1) is 13.8 Å². The molecule has 3 aromatic rings. The lowest BCUT2D eigenvalue weighted by Crippen LogP contribution is -2.38. The molecule has 2 aromatic carbocycles. The summed E-state index contributed by atoms with van der Waals surface area (Å²) in [5.41, 5.74) is 4.08. The van der Waals surface area contributed by atoms with Crippen LogP contribution in [0.5, 0.6) is 11.5 Å². The summed E-state index contributed by atoms with van der Waals surface area (Å²) >= 11 is 0. The molecule has 2 heterocycles. The maximum atomic E-state index is 12.9. The quantitative estimate of drug-likeness (QED) is 0.402. The SMILES string of the molecule is COc1cccc(-n2c(C)cc(/C=C3\NC(=O)N(CC(=O)Nc4ccccc4OC)C3=O)c2C)c1. The number of nitrogens with one attached hydrogen (secondary N) is 2. The van der Waals surface area contributed by atoms with Crippen LogP contribution in [0.3, 0.4) is 0 Å². The molecule has 0 spiro atoms. The van der Waals surface area contributed by atoms with Crippen LogP contribution in [0.25, 0.3) is 11.8 Å². The van der Waals surface area contributed by atoms with Crippen LogP contribution in [0.2, 0.25) is 0 Å². The van der Waals surface area contributed by atoms with Crippen LogP contribution in [-0.4, -0.2) is 48.1 Å². The van der Waals surface area contributed by atoms with E-state index in [4.69, 9.17) is 9.47 Å². The first-order valence-electron chi connectivity index (χ1n) is 10.9. The fourth-order valence-electron chi connectivity index (χ4n) is 4.03. The van der Waals surface area contributed by atoms with E-state index in [1.807, 2.05) is 48.7 Å². The maximum Gasteiger partial charge on any atom is 0.329 e. The van der Waals surface area contributed by atoms with Gasteiger partial charge in [-0.15, -0.1) is 0 Å². The molecular formula is C26H26N4O5. The molecule has 1 aliphatic heterocycles. The number of carbonyl (C=O) groups is 3. The van der Waals surface area contributed by atoms with Crippen molar-refractivity contribution in [3.8, 4) is 17.2 Å². The average molecular weight is 475 g/mol. The van der Waals surface area contributed by atoms with E-state index in [9.17, 15) is 14.4 Å². The number of benzene rings is 2. The molecule has 0 bridgehead atoms. The van der Waals surface area contributed by atoms with Gasteiger partial charge < -0.3 is 24.7 Å². The number of anilines is 1. The molecule has 0 unspecified atom stereocenters. The van der Waals surface area contributed by atoms with Gasteiger partial charge in [0.2, 0.25) is 5.91 Å². The lowest BCUT2D eigenvalue weighted by molar-refractivity contribution is -0.127. The first kappa shape index (κ1) is 23.6. The Labute approximate surface area is 202 Å². The van der Waals surface area contributed by atoms with Gasteiger partial charge in [-0.3, -0.25) is 9.59 Å². The van der Waals surface area contributed by atoms with Crippen LogP contribution in [-0.2, 0) is 9.59 Å². The monoisotopic (exact) mass is 474 g/mol. The standard InChI is InChI=1S/C26H26N4O5/c1-16-12-18(17(2)30(16)19-8-7-9-20(14-19)34-3)13-22-25(32)29(26(33)28-22)15-24(31)27-21-10-5-6-11-23(21)35-4/h5-14H,15H2,1-4H3,(H,27,31)(H,28,33)/b22-13-. The number of imide groups is 1. The molecule has 2 N–H and O–H groups in total. The van der Waals surface area contributed by atoms with Crippen molar-refractivity contribution in [2.75, 3.05) is 26.1 Å². The van der Waals surface area contributed by atoms with E-state index in [0.29, 0.717) is 11.4 Å². The second-order valence-corrected chi connectivity index (χ2v) is 7.99. The van der Waals surface area contributed by atoms with Gasteiger partial charge in [0, 0.05) is 23.1 Å². The van der Waals surface area contributed by atoms with E-state index in [1.165, 1.54) is 7.11 Å². The first-order chi connectivity index (χ1) is 16.8. The molecule has 1 aliphatic rings. The molecule has 0 atom stereocenters. The van der Waals surface area contributed by atoms with Gasteiger partial charge in [0.25, 0.3) is 5.91 Å². The number of aromatic nitrogens is 1. The number of urea groups is 1. The highest BCUT2D eigenvalue weighted by Crippen LogP contribution is 2.26. The topological polar surface area (TPSA) is 102 Å². The summed E-state index contributed by atoms with van der Waals surface area (Å²) in [6, 6.07) is 15.8. The van der Waals surface area contributed by atoms with Crippen molar-refractivity contribution in [2.45, 2.75) is 13.8 Å². The zero-order valence-electron chi connectivity index (χ0n) is 19.9. The summed E-state index contributed by atoms with van der Waals surface area (Å²) in [4.78, 5) is 38.8. The minimum absolute atomic E-state index is 0.103. The van der Waals surface area contributed by atoms with Gasteiger partial charge in [0.05, 0.1) is 19.9 Å². The van der Waals surface area contributed by atoms with Crippen molar-refractivity contribution in [1.82, 2.24) is 14.8 Å². The number of rotatable bonds is 7. The Kier molecular flexibility index (Phi) is 6.59. The van der Waals surface area contributed by atoms with Gasteiger partial charge in [-0.25, -0.2) is 9.69 Å². The van der Waals surface area contributed by atoms with Gasteiger partial charge in [-0.05, 0) is 55.8 Å². The van der Waals surface area contributed by atoms with Gasteiger partial charge in [-0.2, -0.15) is 0 Å². The maximum absolute atomic E-state index is 12.9. The zero-order chi connectivity index (χ0) is 25.1. The van der Waals surface area contributed by atoms with Crippen molar-refractivity contribution in [3.05, 3.63) is 77.2 Å². The Morgan fingerprint density at radius 2 is 1.80 bits per heavy atom. The van der Waals surface area contributed by atoms with Gasteiger partial charge >= 0.3 is 6.03 Å². The summed E-state index contributed by atoms with van der Waals surface area (Å²) in [5.74, 6) is 0.118. The second kappa shape index (κ2) is 9.76. The Bertz CT molecular complexity index is 1340. The largest absolute Gasteiger partial charge is 0.497 e.